The van der Waals surface area contributed by atoms with Crippen LogP contribution in [-0.4, -0.2) is 55.5 Å². The van der Waals surface area contributed by atoms with Gasteiger partial charge in [-0.2, -0.15) is 5.10 Å². The fourth-order valence-corrected chi connectivity index (χ4v) is 4.28. The number of nitrogens with zero attached hydrogens (tertiary/aromatic N) is 3. The maximum absolute atomic E-state index is 13.2. The lowest BCUT2D eigenvalue weighted by atomic mass is 10.1. The van der Waals surface area contributed by atoms with Gasteiger partial charge in [0.2, 0.25) is 0 Å². The van der Waals surface area contributed by atoms with Gasteiger partial charge in [-0.1, -0.05) is 44.0 Å². The van der Waals surface area contributed by atoms with Crippen LogP contribution in [0.1, 0.15) is 43.1 Å². The highest BCUT2D eigenvalue weighted by Crippen LogP contribution is 2.18. The predicted molar refractivity (Wildman–Crippen MR) is 132 cm³/mol. The number of carbonyl (C=O) groups excluding carboxylic acids is 1. The van der Waals surface area contributed by atoms with Crippen molar-refractivity contribution in [1.82, 2.24) is 14.7 Å². The molecule has 2 aromatic carbocycles. The summed E-state index contributed by atoms with van der Waals surface area (Å²) in [4.78, 5) is 27.8. The molecule has 0 bridgehead atoms. The lowest BCUT2D eigenvalue weighted by Gasteiger charge is -2.18. The van der Waals surface area contributed by atoms with Crippen molar-refractivity contribution in [2.75, 3.05) is 26.5 Å². The third-order valence-corrected chi connectivity index (χ3v) is 6.64. The molecule has 0 atom stereocenters. The molecule has 0 aliphatic heterocycles. The summed E-state index contributed by atoms with van der Waals surface area (Å²) in [6.45, 7) is 3.29. The normalized spacial score (nSPS) is 11.5. The highest BCUT2D eigenvalue weighted by atomic mass is 32.2. The zero-order valence-corrected chi connectivity index (χ0v) is 20.7. The van der Waals surface area contributed by atoms with E-state index in [2.05, 4.69) is 12.0 Å². The van der Waals surface area contributed by atoms with E-state index in [1.54, 1.807) is 48.3 Å². The molecule has 0 radical (unpaired) electrons. The lowest BCUT2D eigenvalue weighted by molar-refractivity contribution is 0.0781. The van der Waals surface area contributed by atoms with E-state index in [1.807, 2.05) is 0 Å². The van der Waals surface area contributed by atoms with Crippen LogP contribution in [0.15, 0.2) is 58.2 Å². The van der Waals surface area contributed by atoms with E-state index in [0.717, 1.165) is 25.5 Å². The van der Waals surface area contributed by atoms with Gasteiger partial charge in [0.15, 0.2) is 15.5 Å². The van der Waals surface area contributed by atoms with Crippen LogP contribution >= 0.6 is 0 Å². The van der Waals surface area contributed by atoms with Crippen LogP contribution in [0.25, 0.3) is 10.8 Å². The number of amides is 1. The smallest absolute Gasteiger partial charge is 0.274 e. The first kappa shape index (κ1) is 25.4. The first-order valence-electron chi connectivity index (χ1n) is 11.4. The maximum atomic E-state index is 13.2. The molecule has 0 unspecified atom stereocenters. The number of carbonyl (C=O) groups is 1. The zero-order chi connectivity index (χ0) is 24.7. The molecule has 0 saturated carbocycles. The van der Waals surface area contributed by atoms with Gasteiger partial charge in [0, 0.05) is 31.8 Å². The first-order valence-corrected chi connectivity index (χ1v) is 13.3. The van der Waals surface area contributed by atoms with Gasteiger partial charge >= 0.3 is 0 Å². The Hall–Kier alpha value is -3.20. The van der Waals surface area contributed by atoms with Gasteiger partial charge in [-0.3, -0.25) is 9.59 Å². The second-order valence-electron chi connectivity index (χ2n) is 8.31. The molecule has 0 spiro atoms. The van der Waals surface area contributed by atoms with Crippen LogP contribution in [0, 0.1) is 0 Å². The minimum absolute atomic E-state index is 0.185. The van der Waals surface area contributed by atoms with Crippen molar-refractivity contribution in [3.63, 3.8) is 0 Å². The fourth-order valence-electron chi connectivity index (χ4n) is 3.62. The van der Waals surface area contributed by atoms with Crippen LogP contribution in [0.5, 0.6) is 5.75 Å². The average molecular weight is 486 g/mol. The minimum Gasteiger partial charge on any atom is -0.493 e. The van der Waals surface area contributed by atoms with Crippen LogP contribution in [0.2, 0.25) is 0 Å². The van der Waals surface area contributed by atoms with Crippen molar-refractivity contribution in [1.29, 1.82) is 0 Å². The largest absolute Gasteiger partial charge is 0.493 e. The number of hydrogen-bond donors (Lipinski definition) is 0. The monoisotopic (exact) mass is 485 g/mol. The van der Waals surface area contributed by atoms with Gasteiger partial charge in [0.1, 0.15) is 5.75 Å². The van der Waals surface area contributed by atoms with Gasteiger partial charge in [0.25, 0.3) is 11.5 Å². The molecule has 0 aliphatic rings. The molecule has 0 aliphatic carbocycles. The van der Waals surface area contributed by atoms with Crippen LogP contribution in [-0.2, 0) is 16.4 Å². The number of aryl methyl sites for hydroxylation is 1. The second kappa shape index (κ2) is 11.3. The van der Waals surface area contributed by atoms with Crippen molar-refractivity contribution >= 4 is 26.5 Å². The molecular weight excluding hydrogens is 454 g/mol. The van der Waals surface area contributed by atoms with Crippen LogP contribution in [0.3, 0.4) is 0 Å². The Labute approximate surface area is 200 Å². The van der Waals surface area contributed by atoms with E-state index in [9.17, 15) is 18.0 Å². The number of aromatic nitrogens is 2. The van der Waals surface area contributed by atoms with E-state index >= 15 is 0 Å². The molecule has 0 N–H and O–H groups in total. The van der Waals surface area contributed by atoms with Crippen LogP contribution in [0.4, 0.5) is 0 Å². The summed E-state index contributed by atoms with van der Waals surface area (Å²) >= 11 is 0. The number of benzene rings is 2. The van der Waals surface area contributed by atoms with E-state index in [1.165, 1.54) is 16.8 Å². The number of hydrogen-bond acceptors (Lipinski definition) is 6. The number of fused-ring (bicyclic) bond motifs is 1. The predicted octanol–water partition coefficient (Wildman–Crippen LogP) is 3.53. The van der Waals surface area contributed by atoms with Crippen molar-refractivity contribution in [3.05, 3.63) is 64.6 Å². The van der Waals surface area contributed by atoms with Crippen molar-refractivity contribution in [2.45, 2.75) is 44.0 Å². The molecular formula is C25H31N3O5S. The van der Waals surface area contributed by atoms with Gasteiger partial charge in [-0.15, -0.1) is 0 Å². The Morgan fingerprint density at radius 2 is 1.79 bits per heavy atom. The SMILES string of the molecule is CCCCCn1nc(C(=O)N(C)CCCOc2cccc(S(C)(=O)=O)c2)c2ccccc2c1=O. The van der Waals surface area contributed by atoms with E-state index in [0.29, 0.717) is 42.6 Å². The molecule has 1 amide bonds. The first-order chi connectivity index (χ1) is 16.2. The zero-order valence-electron chi connectivity index (χ0n) is 19.9. The average Bonchev–Trinajstić information content (AvgIpc) is 2.82. The van der Waals surface area contributed by atoms with Crippen LogP contribution < -0.4 is 10.3 Å². The summed E-state index contributed by atoms with van der Waals surface area (Å²) in [5.74, 6) is 0.197. The van der Waals surface area contributed by atoms with Gasteiger partial charge in [-0.05, 0) is 37.1 Å². The molecule has 3 aromatic rings. The summed E-state index contributed by atoms with van der Waals surface area (Å²) in [6, 6.07) is 13.4. The molecule has 0 saturated heterocycles. The Morgan fingerprint density at radius 3 is 2.50 bits per heavy atom. The van der Waals surface area contributed by atoms with E-state index in [-0.39, 0.29) is 22.1 Å². The molecule has 9 heteroatoms. The Bertz CT molecular complexity index is 1320. The third-order valence-electron chi connectivity index (χ3n) is 5.53. The summed E-state index contributed by atoms with van der Waals surface area (Å²) in [7, 11) is -1.62. The van der Waals surface area contributed by atoms with E-state index < -0.39 is 9.84 Å². The summed E-state index contributed by atoms with van der Waals surface area (Å²) in [6.07, 6.45) is 4.52. The standard InChI is InChI=1S/C25H31N3O5S/c1-4-5-8-16-28-24(29)22-14-7-6-13-21(22)23(26-28)25(30)27(2)15-10-17-33-19-11-9-12-20(18-19)34(3,31)32/h6-7,9,11-14,18H,4-5,8,10,15-17H2,1-3H3. The van der Waals surface area contributed by atoms with Gasteiger partial charge in [-0.25, -0.2) is 13.1 Å². The summed E-state index contributed by atoms with van der Waals surface area (Å²) in [5.41, 5.74) is 0.0756. The summed E-state index contributed by atoms with van der Waals surface area (Å²) < 4.78 is 30.5. The highest BCUT2D eigenvalue weighted by Gasteiger charge is 2.19. The number of ether oxygens (including phenoxy) is 1. The number of unbranched alkanes of at least 4 members (excludes halogenated alkanes) is 2. The Morgan fingerprint density at radius 1 is 1.06 bits per heavy atom. The quantitative estimate of drug-likeness (QED) is 0.385. The lowest BCUT2D eigenvalue weighted by Crippen LogP contribution is -2.33. The van der Waals surface area contributed by atoms with Gasteiger partial charge in [0.05, 0.1) is 16.9 Å². The van der Waals surface area contributed by atoms with Crippen molar-refractivity contribution < 1.29 is 17.9 Å². The molecule has 182 valence electrons. The molecule has 3 rings (SSSR count). The molecule has 1 heterocycles. The van der Waals surface area contributed by atoms with E-state index in [4.69, 9.17) is 4.74 Å². The minimum atomic E-state index is -3.31. The molecule has 34 heavy (non-hydrogen) atoms. The fraction of sp³-hybridized carbons (Fsp3) is 0.400. The van der Waals surface area contributed by atoms with Crippen molar-refractivity contribution in [3.8, 4) is 5.75 Å². The number of sulfone groups is 1. The third kappa shape index (κ3) is 6.22. The van der Waals surface area contributed by atoms with Gasteiger partial charge < -0.3 is 9.64 Å². The molecule has 1 aromatic heterocycles. The number of rotatable bonds is 11. The molecule has 8 nitrogen and oxygen atoms in total. The molecule has 0 fully saturated rings. The highest BCUT2D eigenvalue weighted by molar-refractivity contribution is 7.90. The maximum Gasteiger partial charge on any atom is 0.274 e. The Balaban J connectivity index is 1.69. The topological polar surface area (TPSA) is 98.6 Å². The second-order valence-corrected chi connectivity index (χ2v) is 10.3. The summed E-state index contributed by atoms with van der Waals surface area (Å²) in [5, 5.41) is 5.46. The van der Waals surface area contributed by atoms with Crippen molar-refractivity contribution in [2.24, 2.45) is 0 Å². The Kier molecular flexibility index (Phi) is 8.44.